The fourth-order valence-corrected chi connectivity index (χ4v) is 2.92. The van der Waals surface area contributed by atoms with Crippen LogP contribution in [0.2, 0.25) is 0 Å². The van der Waals surface area contributed by atoms with Crippen LogP contribution in [0, 0.1) is 5.41 Å². The van der Waals surface area contributed by atoms with E-state index in [0.717, 1.165) is 5.56 Å². The number of phosphoric acid groups is 1. The third-order valence-electron chi connectivity index (χ3n) is 4.17. The van der Waals surface area contributed by atoms with E-state index < -0.39 is 31.9 Å². The lowest BCUT2D eigenvalue weighted by Crippen LogP contribution is -2.46. The normalized spacial score (nSPS) is 14.4. The summed E-state index contributed by atoms with van der Waals surface area (Å²) in [5, 5.41) is 15.2. The molecule has 0 unspecified atom stereocenters. The van der Waals surface area contributed by atoms with Crippen molar-refractivity contribution in [3.05, 3.63) is 23.8 Å². The van der Waals surface area contributed by atoms with Crippen molar-refractivity contribution >= 4 is 19.6 Å². The molecule has 12 heteroatoms. The summed E-state index contributed by atoms with van der Waals surface area (Å²) in [4.78, 5) is 41.4. The van der Waals surface area contributed by atoms with Gasteiger partial charge in [0.2, 0.25) is 18.6 Å². The lowest BCUT2D eigenvalue weighted by Gasteiger charge is -2.29. The Morgan fingerprint density at radius 1 is 1.24 bits per heavy atom. The molecule has 0 aliphatic carbocycles. The predicted molar refractivity (Wildman–Crippen MR) is 99.8 cm³/mol. The Hall–Kier alpha value is -2.17. The Bertz CT molecular complexity index is 793. The molecule has 0 spiro atoms. The van der Waals surface area contributed by atoms with Gasteiger partial charge in [-0.1, -0.05) is 19.9 Å². The molecule has 0 saturated heterocycles. The molecule has 1 heterocycles. The van der Waals surface area contributed by atoms with Crippen LogP contribution in [-0.4, -0.2) is 52.8 Å². The van der Waals surface area contributed by atoms with Gasteiger partial charge in [0.25, 0.3) is 0 Å². The predicted octanol–water partition coefficient (Wildman–Crippen LogP) is 0.0342. The van der Waals surface area contributed by atoms with Crippen LogP contribution in [0.1, 0.15) is 25.8 Å². The fraction of sp³-hybridized carbons (Fsp3) is 0.529. The van der Waals surface area contributed by atoms with Gasteiger partial charge in [-0.25, -0.2) is 4.57 Å². The molecule has 11 nitrogen and oxygen atoms in total. The lowest BCUT2D eigenvalue weighted by molar-refractivity contribution is -0.137. The fourth-order valence-electron chi connectivity index (χ4n) is 2.42. The molecular formula is C17H25N2O9P. The van der Waals surface area contributed by atoms with Crippen LogP contribution in [0.4, 0.5) is 0 Å². The van der Waals surface area contributed by atoms with Crippen molar-refractivity contribution in [2.45, 2.75) is 32.9 Å². The van der Waals surface area contributed by atoms with Gasteiger partial charge in [0, 0.05) is 24.9 Å². The van der Waals surface area contributed by atoms with E-state index in [1.165, 1.54) is 13.8 Å². The molecular weight excluding hydrogens is 407 g/mol. The highest BCUT2D eigenvalue weighted by Gasteiger charge is 2.35. The van der Waals surface area contributed by atoms with Gasteiger partial charge in [0.05, 0.1) is 6.61 Å². The number of aliphatic hydroxyl groups is 1. The molecule has 0 saturated carbocycles. The number of carbonyl (C=O) groups is 2. The first-order valence-electron chi connectivity index (χ1n) is 8.79. The molecule has 1 atom stereocenters. The molecule has 1 aliphatic rings. The molecule has 1 aromatic carbocycles. The minimum Gasteiger partial charge on any atom is -0.454 e. The van der Waals surface area contributed by atoms with Crippen molar-refractivity contribution in [1.82, 2.24) is 10.6 Å². The summed E-state index contributed by atoms with van der Waals surface area (Å²) in [5.41, 5.74) is -0.416. The van der Waals surface area contributed by atoms with E-state index in [0.29, 0.717) is 11.5 Å². The number of hydrogen-bond acceptors (Lipinski definition) is 7. The van der Waals surface area contributed by atoms with Crippen LogP contribution in [0.3, 0.4) is 0 Å². The Labute approximate surface area is 167 Å². The quantitative estimate of drug-likeness (QED) is 0.321. The number of phosphoric ester groups is 1. The smallest absolute Gasteiger partial charge is 0.454 e. The highest BCUT2D eigenvalue weighted by Crippen LogP contribution is 2.38. The van der Waals surface area contributed by atoms with Gasteiger partial charge in [0.15, 0.2) is 11.5 Å². The summed E-state index contributed by atoms with van der Waals surface area (Å²) in [6.45, 7) is 2.74. The number of benzene rings is 1. The average molecular weight is 432 g/mol. The van der Waals surface area contributed by atoms with Crippen molar-refractivity contribution in [3.8, 4) is 11.5 Å². The zero-order valence-corrected chi connectivity index (χ0v) is 17.0. The van der Waals surface area contributed by atoms with Gasteiger partial charge >= 0.3 is 7.82 Å². The van der Waals surface area contributed by atoms with E-state index in [1.807, 2.05) is 0 Å². The number of ether oxygens (including phenoxy) is 2. The van der Waals surface area contributed by atoms with Crippen LogP contribution in [0.25, 0.3) is 0 Å². The number of fused-ring (bicyclic) bond motifs is 1. The molecule has 0 fully saturated rings. The van der Waals surface area contributed by atoms with E-state index in [9.17, 15) is 19.3 Å². The third kappa shape index (κ3) is 7.30. The average Bonchev–Trinajstić information content (AvgIpc) is 3.11. The number of nitrogens with one attached hydrogen (secondary N) is 2. The highest BCUT2D eigenvalue weighted by molar-refractivity contribution is 7.46. The number of hydrogen-bond donors (Lipinski definition) is 5. The molecule has 0 bridgehead atoms. The van der Waals surface area contributed by atoms with Gasteiger partial charge in [0.1, 0.15) is 6.10 Å². The first-order chi connectivity index (χ1) is 13.5. The lowest BCUT2D eigenvalue weighted by atomic mass is 9.87. The SMILES string of the molecule is CC(C)(COP(=O)(O)O)[C@@H](O)C(=O)NCCC(=O)NCc1ccc2c(c1)OCO2. The van der Waals surface area contributed by atoms with E-state index in [4.69, 9.17) is 19.3 Å². The van der Waals surface area contributed by atoms with E-state index in [1.54, 1.807) is 18.2 Å². The van der Waals surface area contributed by atoms with Gasteiger partial charge in [-0.2, -0.15) is 0 Å². The zero-order chi connectivity index (χ0) is 21.7. The standard InChI is InChI=1S/C17H25N2O9P/c1-17(2,9-28-29(23,24)25)15(21)16(22)18-6-5-14(20)19-8-11-3-4-12-13(7-11)27-10-26-12/h3-4,7,15,21H,5-6,8-10H2,1-2H3,(H,18,22)(H,19,20)(H2,23,24,25)/t15-/m0/s1. The van der Waals surface area contributed by atoms with Crippen molar-refractivity contribution in [3.63, 3.8) is 0 Å². The molecule has 0 aromatic heterocycles. The summed E-state index contributed by atoms with van der Waals surface area (Å²) >= 11 is 0. The number of aliphatic hydroxyl groups excluding tert-OH is 1. The summed E-state index contributed by atoms with van der Waals surface area (Å²) in [5.74, 6) is 0.188. The van der Waals surface area contributed by atoms with Crippen molar-refractivity contribution in [2.75, 3.05) is 19.9 Å². The molecule has 162 valence electrons. The molecule has 1 aromatic rings. The minimum absolute atomic E-state index is 0.0115. The first-order valence-corrected chi connectivity index (χ1v) is 10.3. The van der Waals surface area contributed by atoms with Crippen LogP contribution < -0.4 is 20.1 Å². The molecule has 29 heavy (non-hydrogen) atoms. The number of rotatable bonds is 10. The maximum Gasteiger partial charge on any atom is 0.469 e. The number of carbonyl (C=O) groups excluding carboxylic acids is 2. The van der Waals surface area contributed by atoms with E-state index in [2.05, 4.69) is 15.2 Å². The Morgan fingerprint density at radius 3 is 2.62 bits per heavy atom. The maximum absolute atomic E-state index is 12.0. The molecule has 2 rings (SSSR count). The van der Waals surface area contributed by atoms with Crippen molar-refractivity contribution in [2.24, 2.45) is 5.41 Å². The third-order valence-corrected chi connectivity index (χ3v) is 4.64. The van der Waals surface area contributed by atoms with Crippen LogP contribution >= 0.6 is 7.82 Å². The Balaban J connectivity index is 1.70. The maximum atomic E-state index is 12.0. The van der Waals surface area contributed by atoms with Gasteiger partial charge in [-0.05, 0) is 17.7 Å². The summed E-state index contributed by atoms with van der Waals surface area (Å²) in [6, 6.07) is 5.32. The second kappa shape index (κ2) is 9.55. The van der Waals surface area contributed by atoms with Gasteiger partial charge in [-0.15, -0.1) is 0 Å². The monoisotopic (exact) mass is 432 g/mol. The minimum atomic E-state index is -4.71. The molecule has 1 aliphatic heterocycles. The number of amides is 2. The van der Waals surface area contributed by atoms with E-state index >= 15 is 0 Å². The van der Waals surface area contributed by atoms with Crippen LogP contribution in [-0.2, 0) is 25.2 Å². The summed E-state index contributed by atoms with van der Waals surface area (Å²) in [7, 11) is -4.71. The van der Waals surface area contributed by atoms with Gasteiger partial charge < -0.3 is 35.0 Å². The topological polar surface area (TPSA) is 164 Å². The zero-order valence-electron chi connectivity index (χ0n) is 16.1. The van der Waals surface area contributed by atoms with Crippen LogP contribution in [0.5, 0.6) is 11.5 Å². The second-order valence-corrected chi connectivity index (χ2v) is 8.40. The van der Waals surface area contributed by atoms with Crippen molar-refractivity contribution < 1.29 is 43.0 Å². The molecule has 2 amide bonds. The van der Waals surface area contributed by atoms with E-state index in [-0.39, 0.29) is 32.2 Å². The Morgan fingerprint density at radius 2 is 1.93 bits per heavy atom. The summed E-state index contributed by atoms with van der Waals surface area (Å²) in [6.07, 6.45) is -1.59. The first kappa shape index (κ1) is 23.1. The van der Waals surface area contributed by atoms with Crippen molar-refractivity contribution in [1.29, 1.82) is 0 Å². The molecule has 0 radical (unpaired) electrons. The second-order valence-electron chi connectivity index (χ2n) is 7.16. The molecule has 5 N–H and O–H groups in total. The Kier molecular flexibility index (Phi) is 7.61. The largest absolute Gasteiger partial charge is 0.469 e. The van der Waals surface area contributed by atoms with Crippen LogP contribution in [0.15, 0.2) is 18.2 Å². The highest BCUT2D eigenvalue weighted by atomic mass is 31.2. The summed E-state index contributed by atoms with van der Waals surface area (Å²) < 4.78 is 25.6. The van der Waals surface area contributed by atoms with Gasteiger partial charge in [-0.3, -0.25) is 14.1 Å².